The summed E-state index contributed by atoms with van der Waals surface area (Å²) in [5.74, 6) is -3.63. The van der Waals surface area contributed by atoms with Crippen molar-refractivity contribution in [1.82, 2.24) is 14.5 Å². The Bertz CT molecular complexity index is 998. The quantitative estimate of drug-likeness (QED) is 0.603. The summed E-state index contributed by atoms with van der Waals surface area (Å²) in [7, 11) is 1.78. The van der Waals surface area contributed by atoms with Gasteiger partial charge < -0.3 is 19.2 Å². The number of hydrogen-bond acceptors (Lipinski definition) is 3. The van der Waals surface area contributed by atoms with Crippen molar-refractivity contribution in [3.05, 3.63) is 51.3 Å². The largest absolute Gasteiger partial charge is 0.381 e. The summed E-state index contributed by atoms with van der Waals surface area (Å²) in [6.45, 7) is 1.52. The number of imidazole rings is 1. The molecule has 2 aromatic rings. The Morgan fingerprint density at radius 3 is 2.69 bits per heavy atom. The van der Waals surface area contributed by atoms with E-state index in [0.29, 0.717) is 23.7 Å². The zero-order valence-electron chi connectivity index (χ0n) is 16.0. The molecule has 0 radical (unpaired) electrons. The molecule has 0 unspecified atom stereocenters. The molecule has 156 valence electrons. The van der Waals surface area contributed by atoms with Crippen molar-refractivity contribution in [3.8, 4) is 0 Å². The molecule has 1 atom stereocenters. The molecule has 3 heterocycles. The van der Waals surface area contributed by atoms with Gasteiger partial charge in [0.05, 0.1) is 6.42 Å². The lowest BCUT2D eigenvalue weighted by molar-refractivity contribution is -0.132. The van der Waals surface area contributed by atoms with Gasteiger partial charge in [-0.15, -0.1) is 0 Å². The number of likely N-dealkylation sites (N-methyl/N-ethyl adjacent to an activating group) is 1. The molecule has 1 saturated heterocycles. The van der Waals surface area contributed by atoms with Crippen molar-refractivity contribution in [2.75, 3.05) is 20.3 Å². The van der Waals surface area contributed by atoms with Gasteiger partial charge in [0.2, 0.25) is 5.91 Å². The molecule has 0 saturated carbocycles. The minimum absolute atomic E-state index is 0.0527. The second-order valence-electron chi connectivity index (χ2n) is 7.65. The van der Waals surface area contributed by atoms with Gasteiger partial charge in [0.25, 0.3) is 0 Å². The van der Waals surface area contributed by atoms with Gasteiger partial charge in [-0.25, -0.2) is 13.2 Å². The van der Waals surface area contributed by atoms with E-state index in [1.165, 1.54) is 0 Å². The summed E-state index contributed by atoms with van der Waals surface area (Å²) in [5, 5.41) is 0. The first-order valence-electron chi connectivity index (χ1n) is 9.64. The number of amides is 1. The lowest BCUT2D eigenvalue weighted by atomic mass is 9.95. The van der Waals surface area contributed by atoms with E-state index >= 15 is 0 Å². The molecule has 1 aromatic carbocycles. The number of carbonyl (C=O) groups is 1. The number of carbonyl (C=O) groups excluding carboxylic acids is 1. The van der Waals surface area contributed by atoms with Crippen LogP contribution in [0.4, 0.5) is 13.2 Å². The summed E-state index contributed by atoms with van der Waals surface area (Å²) in [4.78, 5) is 17.6. The number of fused-ring (bicyclic) bond motifs is 1. The number of ether oxygens (including phenoxy) is 1. The van der Waals surface area contributed by atoms with Crippen LogP contribution in [0.2, 0.25) is 0 Å². The predicted octanol–water partition coefficient (Wildman–Crippen LogP) is 3.48. The van der Waals surface area contributed by atoms with Crippen LogP contribution < -0.4 is 0 Å². The van der Waals surface area contributed by atoms with Crippen molar-refractivity contribution in [3.63, 3.8) is 0 Å². The topological polar surface area (TPSA) is 50.3 Å². The van der Waals surface area contributed by atoms with Gasteiger partial charge >= 0.3 is 0 Å². The molecular weight excluding hydrogens is 403 g/mol. The fourth-order valence-corrected chi connectivity index (χ4v) is 4.62. The predicted molar refractivity (Wildman–Crippen MR) is 103 cm³/mol. The molecule has 0 spiro atoms. The van der Waals surface area contributed by atoms with Crippen LogP contribution in [0.3, 0.4) is 0 Å². The average Bonchev–Trinajstić information content (AvgIpc) is 3.26. The highest BCUT2D eigenvalue weighted by atomic mass is 32.1. The first-order chi connectivity index (χ1) is 13.9. The summed E-state index contributed by atoms with van der Waals surface area (Å²) in [5.41, 5.74) is 1.13. The lowest BCUT2D eigenvalue weighted by Crippen LogP contribution is -2.41. The molecule has 4 rings (SSSR count). The van der Waals surface area contributed by atoms with E-state index < -0.39 is 23.4 Å². The van der Waals surface area contributed by atoms with Crippen molar-refractivity contribution in [1.29, 1.82) is 0 Å². The molecule has 9 heteroatoms. The van der Waals surface area contributed by atoms with Crippen molar-refractivity contribution in [2.45, 2.75) is 44.2 Å². The SMILES string of the molecule is CN(C(=O)Cc1[nH]c(=S)n2c1C[C@H](c1c(F)ccc(F)c1F)C2)C1CCOCC1. The molecule has 2 aliphatic rings. The van der Waals surface area contributed by atoms with E-state index in [1.807, 2.05) is 0 Å². The Morgan fingerprint density at radius 2 is 1.97 bits per heavy atom. The van der Waals surface area contributed by atoms with Gasteiger partial charge in [-0.3, -0.25) is 4.79 Å². The number of H-pyrrole nitrogens is 1. The van der Waals surface area contributed by atoms with Gasteiger partial charge in [0.15, 0.2) is 16.4 Å². The zero-order chi connectivity index (χ0) is 20.7. The summed E-state index contributed by atoms with van der Waals surface area (Å²) in [6.07, 6.45) is 2.01. The summed E-state index contributed by atoms with van der Waals surface area (Å²) < 4.78 is 49.6. The molecule has 0 bridgehead atoms. The Hall–Kier alpha value is -2.13. The maximum Gasteiger partial charge on any atom is 0.228 e. The fourth-order valence-electron chi connectivity index (χ4n) is 4.31. The second-order valence-corrected chi connectivity index (χ2v) is 8.04. The van der Waals surface area contributed by atoms with E-state index in [0.717, 1.165) is 30.7 Å². The van der Waals surface area contributed by atoms with E-state index in [1.54, 1.807) is 16.5 Å². The molecule has 5 nitrogen and oxygen atoms in total. The highest BCUT2D eigenvalue weighted by Gasteiger charge is 2.33. The monoisotopic (exact) mass is 425 g/mol. The number of rotatable bonds is 4. The van der Waals surface area contributed by atoms with Crippen LogP contribution >= 0.6 is 12.2 Å². The lowest BCUT2D eigenvalue weighted by Gasteiger charge is -2.31. The number of aromatic nitrogens is 2. The number of aromatic amines is 1. The number of nitrogens with one attached hydrogen (secondary N) is 1. The highest BCUT2D eigenvalue weighted by Crippen LogP contribution is 2.35. The normalized spacial score (nSPS) is 19.4. The fraction of sp³-hybridized carbons (Fsp3) is 0.500. The Morgan fingerprint density at radius 1 is 1.28 bits per heavy atom. The van der Waals surface area contributed by atoms with Gasteiger partial charge in [-0.1, -0.05) is 0 Å². The van der Waals surface area contributed by atoms with Crippen LogP contribution in [0.1, 0.15) is 35.7 Å². The molecule has 1 N–H and O–H groups in total. The first kappa shape index (κ1) is 20.2. The van der Waals surface area contributed by atoms with Crippen LogP contribution in [0, 0.1) is 22.2 Å². The number of halogens is 3. The molecule has 2 aliphatic heterocycles. The third kappa shape index (κ3) is 3.73. The third-order valence-corrected chi connectivity index (χ3v) is 6.29. The number of nitrogens with zero attached hydrogens (tertiary/aromatic N) is 2. The van der Waals surface area contributed by atoms with Crippen molar-refractivity contribution < 1.29 is 22.7 Å². The molecular formula is C20H22F3N3O2S. The molecule has 0 aliphatic carbocycles. The standard InChI is InChI=1S/C20H22F3N3O2S/c1-25(12-4-6-28-7-5-12)17(27)9-15-16-8-11(10-26(16)20(29)24-15)18-13(21)2-3-14(22)19(18)23/h2-3,11-12H,4-10H2,1H3,(H,24,29)/t11-/m0/s1. The smallest absolute Gasteiger partial charge is 0.228 e. The summed E-state index contributed by atoms with van der Waals surface area (Å²) >= 11 is 5.34. The van der Waals surface area contributed by atoms with Crippen LogP contribution in [-0.4, -0.2) is 46.7 Å². The van der Waals surface area contributed by atoms with Gasteiger partial charge in [-0.05, 0) is 43.6 Å². The van der Waals surface area contributed by atoms with E-state index in [-0.39, 0.29) is 36.9 Å². The van der Waals surface area contributed by atoms with Crippen molar-refractivity contribution >= 4 is 18.1 Å². The summed E-state index contributed by atoms with van der Waals surface area (Å²) in [6, 6.07) is 1.86. The third-order valence-electron chi connectivity index (χ3n) is 5.97. The maximum absolute atomic E-state index is 14.2. The number of hydrogen-bond donors (Lipinski definition) is 1. The minimum Gasteiger partial charge on any atom is -0.381 e. The van der Waals surface area contributed by atoms with Gasteiger partial charge in [0, 0.05) is 55.7 Å². The van der Waals surface area contributed by atoms with Crippen LogP contribution in [0.15, 0.2) is 12.1 Å². The zero-order valence-corrected chi connectivity index (χ0v) is 16.8. The maximum atomic E-state index is 14.2. The Balaban J connectivity index is 1.54. The highest BCUT2D eigenvalue weighted by molar-refractivity contribution is 7.71. The van der Waals surface area contributed by atoms with Crippen LogP contribution in [0.25, 0.3) is 0 Å². The molecule has 1 fully saturated rings. The van der Waals surface area contributed by atoms with E-state index in [4.69, 9.17) is 17.0 Å². The molecule has 1 amide bonds. The van der Waals surface area contributed by atoms with Crippen LogP contribution in [0.5, 0.6) is 0 Å². The van der Waals surface area contributed by atoms with E-state index in [9.17, 15) is 18.0 Å². The Labute approximate surface area is 171 Å². The Kier molecular flexibility index (Phi) is 5.52. The minimum atomic E-state index is -1.16. The molecule has 1 aromatic heterocycles. The van der Waals surface area contributed by atoms with E-state index in [2.05, 4.69) is 4.98 Å². The van der Waals surface area contributed by atoms with Gasteiger partial charge in [0.1, 0.15) is 5.82 Å². The molecule has 29 heavy (non-hydrogen) atoms. The van der Waals surface area contributed by atoms with Crippen LogP contribution in [-0.2, 0) is 28.9 Å². The number of benzene rings is 1. The van der Waals surface area contributed by atoms with Gasteiger partial charge in [-0.2, -0.15) is 0 Å². The average molecular weight is 425 g/mol. The first-order valence-corrected chi connectivity index (χ1v) is 10.0. The van der Waals surface area contributed by atoms with Crippen molar-refractivity contribution in [2.24, 2.45) is 0 Å². The second kappa shape index (κ2) is 7.95.